The van der Waals surface area contributed by atoms with E-state index in [1.807, 2.05) is 31.4 Å². The Morgan fingerprint density at radius 3 is 2.56 bits per heavy atom. The Morgan fingerprint density at radius 2 is 2.00 bits per heavy atom. The van der Waals surface area contributed by atoms with Crippen LogP contribution in [0.1, 0.15) is 24.5 Å². The van der Waals surface area contributed by atoms with Crippen molar-refractivity contribution in [1.29, 1.82) is 0 Å². The van der Waals surface area contributed by atoms with Crippen LogP contribution in [0.25, 0.3) is 6.08 Å². The van der Waals surface area contributed by atoms with Gasteiger partial charge in [0.1, 0.15) is 23.6 Å². The highest BCUT2D eigenvalue weighted by Gasteiger charge is 2.20. The Hall–Kier alpha value is -2.19. The zero-order valence-electron chi connectivity index (χ0n) is 15.3. The lowest BCUT2D eigenvalue weighted by Gasteiger charge is -2.21. The Balaban J connectivity index is 2.90. The standard InChI is InChI=1S/C17H24N2O5S/c1-11(15(22-4)9-16(20)23-5)14(21-3)8-7-13-10-25-17(18-13)12(2)19-24-6/h7-11,14H,1-6H3/b8-7+,15-9+,19-12+/t11-,14-/m1/s1. The molecule has 0 aromatic carbocycles. The summed E-state index contributed by atoms with van der Waals surface area (Å²) in [6.45, 7) is 3.73. The van der Waals surface area contributed by atoms with Crippen molar-refractivity contribution in [2.45, 2.75) is 20.0 Å². The maximum absolute atomic E-state index is 11.4. The quantitative estimate of drug-likeness (QED) is 0.219. The second-order valence-corrected chi connectivity index (χ2v) is 5.92. The highest BCUT2D eigenvalue weighted by atomic mass is 32.1. The van der Waals surface area contributed by atoms with E-state index in [9.17, 15) is 4.79 Å². The fourth-order valence-electron chi connectivity index (χ4n) is 2.06. The van der Waals surface area contributed by atoms with Crippen molar-refractivity contribution in [1.82, 2.24) is 4.98 Å². The summed E-state index contributed by atoms with van der Waals surface area (Å²) >= 11 is 1.48. The Kier molecular flexibility index (Phi) is 8.87. The van der Waals surface area contributed by atoms with Gasteiger partial charge in [-0.25, -0.2) is 9.78 Å². The maximum Gasteiger partial charge on any atom is 0.333 e. The van der Waals surface area contributed by atoms with Gasteiger partial charge in [-0.15, -0.1) is 11.3 Å². The van der Waals surface area contributed by atoms with E-state index in [4.69, 9.17) is 14.3 Å². The third-order valence-corrected chi connectivity index (χ3v) is 4.40. The third kappa shape index (κ3) is 6.32. The van der Waals surface area contributed by atoms with E-state index in [0.717, 1.165) is 10.7 Å². The van der Waals surface area contributed by atoms with Gasteiger partial charge in [0, 0.05) is 18.4 Å². The third-order valence-electron chi connectivity index (χ3n) is 3.43. The lowest BCUT2D eigenvalue weighted by atomic mass is 10.0. The second-order valence-electron chi connectivity index (χ2n) is 5.06. The number of thiazole rings is 1. The minimum Gasteiger partial charge on any atom is -0.500 e. The molecule has 0 fully saturated rings. The van der Waals surface area contributed by atoms with Gasteiger partial charge in [0.05, 0.1) is 32.1 Å². The molecular formula is C17H24N2O5S. The predicted molar refractivity (Wildman–Crippen MR) is 97.4 cm³/mol. The summed E-state index contributed by atoms with van der Waals surface area (Å²) < 4.78 is 15.4. The Labute approximate surface area is 151 Å². The molecule has 25 heavy (non-hydrogen) atoms. The summed E-state index contributed by atoms with van der Waals surface area (Å²) in [5.41, 5.74) is 1.50. The SMILES string of the molecule is CO/N=C(\C)c1nc(/C=C/[C@@H](OC)[C@@H](C)/C(=C\C(=O)OC)OC)cs1. The van der Waals surface area contributed by atoms with E-state index < -0.39 is 5.97 Å². The van der Waals surface area contributed by atoms with Gasteiger partial charge >= 0.3 is 5.97 Å². The summed E-state index contributed by atoms with van der Waals surface area (Å²) in [6, 6.07) is 0. The lowest BCUT2D eigenvalue weighted by molar-refractivity contribution is -0.135. The monoisotopic (exact) mass is 368 g/mol. The molecule has 0 saturated heterocycles. The van der Waals surface area contributed by atoms with E-state index in [-0.39, 0.29) is 12.0 Å². The van der Waals surface area contributed by atoms with Gasteiger partial charge < -0.3 is 19.0 Å². The molecule has 0 spiro atoms. The van der Waals surface area contributed by atoms with Crippen LogP contribution in [0.2, 0.25) is 0 Å². The van der Waals surface area contributed by atoms with Crippen molar-refractivity contribution < 1.29 is 23.8 Å². The molecule has 1 heterocycles. The normalized spacial score (nSPS) is 15.1. The van der Waals surface area contributed by atoms with Crippen LogP contribution in [0.4, 0.5) is 0 Å². The average Bonchev–Trinajstić information content (AvgIpc) is 3.09. The zero-order chi connectivity index (χ0) is 18.8. The number of aromatic nitrogens is 1. The molecule has 0 unspecified atom stereocenters. The van der Waals surface area contributed by atoms with Crippen LogP contribution in [-0.4, -0.2) is 51.2 Å². The van der Waals surface area contributed by atoms with Crippen LogP contribution in [0.5, 0.6) is 0 Å². The molecule has 0 radical (unpaired) electrons. The molecule has 0 bridgehead atoms. The molecule has 0 N–H and O–H groups in total. The first-order valence-corrected chi connectivity index (χ1v) is 8.42. The lowest BCUT2D eigenvalue weighted by Crippen LogP contribution is -2.21. The van der Waals surface area contributed by atoms with Crippen LogP contribution in [-0.2, 0) is 23.8 Å². The Morgan fingerprint density at radius 1 is 1.28 bits per heavy atom. The minimum absolute atomic E-state index is 0.180. The van der Waals surface area contributed by atoms with Gasteiger partial charge in [-0.1, -0.05) is 18.2 Å². The second kappa shape index (κ2) is 10.6. The number of ether oxygens (including phenoxy) is 3. The summed E-state index contributed by atoms with van der Waals surface area (Å²) in [6.07, 6.45) is 4.75. The summed E-state index contributed by atoms with van der Waals surface area (Å²) in [5.74, 6) is -0.176. The molecule has 138 valence electrons. The first-order chi connectivity index (χ1) is 12.0. The molecule has 1 rings (SSSR count). The summed E-state index contributed by atoms with van der Waals surface area (Å²) in [4.78, 5) is 20.6. The molecule has 0 aliphatic heterocycles. The average molecular weight is 368 g/mol. The van der Waals surface area contributed by atoms with Crippen molar-refractivity contribution in [3.63, 3.8) is 0 Å². The van der Waals surface area contributed by atoms with E-state index in [2.05, 4.69) is 14.9 Å². The van der Waals surface area contributed by atoms with E-state index in [0.29, 0.717) is 11.5 Å². The molecule has 8 heteroatoms. The van der Waals surface area contributed by atoms with Gasteiger partial charge in [0.25, 0.3) is 0 Å². The molecule has 0 aliphatic carbocycles. The van der Waals surface area contributed by atoms with Gasteiger partial charge in [0.15, 0.2) is 0 Å². The number of hydrogen-bond donors (Lipinski definition) is 0. The molecule has 0 amide bonds. The molecule has 2 atom stereocenters. The molecule has 1 aromatic heterocycles. The molecule has 0 saturated carbocycles. The van der Waals surface area contributed by atoms with Gasteiger partial charge in [0.2, 0.25) is 0 Å². The Bertz CT molecular complexity index is 651. The van der Waals surface area contributed by atoms with Gasteiger partial charge in [-0.3, -0.25) is 0 Å². The fourth-order valence-corrected chi connectivity index (χ4v) is 2.79. The highest BCUT2D eigenvalue weighted by Crippen LogP contribution is 2.21. The van der Waals surface area contributed by atoms with Crippen LogP contribution >= 0.6 is 11.3 Å². The smallest absolute Gasteiger partial charge is 0.333 e. The molecule has 1 aromatic rings. The van der Waals surface area contributed by atoms with Crippen LogP contribution < -0.4 is 0 Å². The van der Waals surface area contributed by atoms with E-state index in [1.165, 1.54) is 38.7 Å². The van der Waals surface area contributed by atoms with Crippen molar-refractivity contribution in [3.05, 3.63) is 34.0 Å². The number of carbonyl (C=O) groups is 1. The first kappa shape index (κ1) is 20.9. The van der Waals surface area contributed by atoms with Crippen molar-refractivity contribution in [2.24, 2.45) is 11.1 Å². The van der Waals surface area contributed by atoms with Crippen LogP contribution in [0.15, 0.2) is 28.4 Å². The highest BCUT2D eigenvalue weighted by molar-refractivity contribution is 7.11. The summed E-state index contributed by atoms with van der Waals surface area (Å²) in [5, 5.41) is 6.57. The van der Waals surface area contributed by atoms with Gasteiger partial charge in [-0.05, 0) is 13.0 Å². The van der Waals surface area contributed by atoms with Crippen LogP contribution in [0.3, 0.4) is 0 Å². The van der Waals surface area contributed by atoms with Crippen molar-refractivity contribution >= 4 is 29.1 Å². The fraction of sp³-hybridized carbons (Fsp3) is 0.471. The molecule has 0 aliphatic rings. The number of oxime groups is 1. The maximum atomic E-state index is 11.4. The van der Waals surface area contributed by atoms with E-state index in [1.54, 1.807) is 7.11 Å². The number of esters is 1. The topological polar surface area (TPSA) is 79.2 Å². The number of nitrogens with zero attached hydrogens (tertiary/aromatic N) is 2. The minimum atomic E-state index is -0.473. The number of rotatable bonds is 9. The van der Waals surface area contributed by atoms with Crippen molar-refractivity contribution in [2.75, 3.05) is 28.4 Å². The number of methoxy groups -OCH3 is 3. The largest absolute Gasteiger partial charge is 0.500 e. The molecule has 7 nitrogen and oxygen atoms in total. The number of carbonyl (C=O) groups excluding carboxylic acids is 1. The predicted octanol–water partition coefficient (Wildman–Crippen LogP) is 2.88. The summed E-state index contributed by atoms with van der Waals surface area (Å²) in [7, 11) is 5.92. The van der Waals surface area contributed by atoms with Crippen LogP contribution in [0, 0.1) is 5.92 Å². The number of hydrogen-bond acceptors (Lipinski definition) is 8. The first-order valence-electron chi connectivity index (χ1n) is 7.55. The van der Waals surface area contributed by atoms with Crippen molar-refractivity contribution in [3.8, 4) is 0 Å². The van der Waals surface area contributed by atoms with E-state index >= 15 is 0 Å². The van der Waals surface area contributed by atoms with Gasteiger partial charge in [-0.2, -0.15) is 0 Å². The zero-order valence-corrected chi connectivity index (χ0v) is 16.1. The molecular weight excluding hydrogens is 344 g/mol.